The molecule has 1 heterocycles. The Morgan fingerprint density at radius 2 is 2.19 bits per heavy atom. The highest BCUT2D eigenvalue weighted by Crippen LogP contribution is 2.14. The van der Waals surface area contributed by atoms with E-state index in [0.717, 1.165) is 18.2 Å². The average molecular weight is 241 g/mol. The van der Waals surface area contributed by atoms with Crippen LogP contribution >= 0.6 is 11.8 Å². The molecule has 0 saturated carbocycles. The largest absolute Gasteiger partial charge is 0.309 e. The maximum Gasteiger partial charge on any atom is 0.0537 e. The molecule has 4 heteroatoms. The van der Waals surface area contributed by atoms with E-state index in [1.54, 1.807) is 0 Å². The van der Waals surface area contributed by atoms with E-state index in [1.807, 2.05) is 18.0 Å². The zero-order chi connectivity index (χ0) is 12.0. The summed E-state index contributed by atoms with van der Waals surface area (Å²) in [7, 11) is 0. The van der Waals surface area contributed by atoms with Gasteiger partial charge < -0.3 is 5.32 Å². The summed E-state index contributed by atoms with van der Waals surface area (Å²) in [6.45, 7) is 9.83. The first-order chi connectivity index (χ1) is 7.61. The minimum Gasteiger partial charge on any atom is -0.309 e. The molecule has 3 nitrogen and oxygen atoms in total. The van der Waals surface area contributed by atoms with Crippen LogP contribution in [0.5, 0.6) is 0 Å². The van der Waals surface area contributed by atoms with Gasteiger partial charge in [0.2, 0.25) is 0 Å². The molecule has 92 valence electrons. The lowest BCUT2D eigenvalue weighted by Gasteiger charge is -2.13. The maximum absolute atomic E-state index is 4.04. The molecular formula is C12H23N3S. The number of nitrogens with zero attached hydrogens (tertiary/aromatic N) is 1. The minimum atomic E-state index is 0.387. The molecule has 0 bridgehead atoms. The quantitative estimate of drug-likeness (QED) is 0.721. The molecule has 0 spiro atoms. The van der Waals surface area contributed by atoms with Gasteiger partial charge in [-0.25, -0.2) is 0 Å². The molecule has 1 aromatic rings. The first-order valence-corrected chi connectivity index (χ1v) is 7.07. The van der Waals surface area contributed by atoms with Crippen molar-refractivity contribution in [1.82, 2.24) is 15.5 Å². The third kappa shape index (κ3) is 4.58. The van der Waals surface area contributed by atoms with Crippen molar-refractivity contribution < 1.29 is 0 Å². The Bertz CT molecular complexity index is 296. The van der Waals surface area contributed by atoms with Crippen LogP contribution in [0.4, 0.5) is 0 Å². The van der Waals surface area contributed by atoms with E-state index in [1.165, 1.54) is 17.1 Å². The van der Waals surface area contributed by atoms with Crippen LogP contribution in [0.1, 0.15) is 38.1 Å². The van der Waals surface area contributed by atoms with Crippen molar-refractivity contribution >= 4 is 11.8 Å². The van der Waals surface area contributed by atoms with Crippen LogP contribution in [0.25, 0.3) is 0 Å². The number of aryl methyl sites for hydroxylation is 1. The van der Waals surface area contributed by atoms with E-state index in [0.29, 0.717) is 6.04 Å². The molecule has 1 atom stereocenters. The number of nitrogens with one attached hydrogen (secondary N) is 2. The zero-order valence-electron chi connectivity index (χ0n) is 10.7. The van der Waals surface area contributed by atoms with Crippen molar-refractivity contribution in [3.05, 3.63) is 17.5 Å². The molecule has 0 aliphatic rings. The lowest BCUT2D eigenvalue weighted by Crippen LogP contribution is -2.21. The van der Waals surface area contributed by atoms with Gasteiger partial charge in [0.25, 0.3) is 0 Å². The van der Waals surface area contributed by atoms with Crippen molar-refractivity contribution in [2.24, 2.45) is 5.92 Å². The van der Waals surface area contributed by atoms with Crippen LogP contribution in [0.3, 0.4) is 0 Å². The maximum atomic E-state index is 4.04. The highest BCUT2D eigenvalue weighted by Gasteiger charge is 2.08. The lowest BCUT2D eigenvalue weighted by molar-refractivity contribution is 0.598. The summed E-state index contributed by atoms with van der Waals surface area (Å²) in [4.78, 5) is 0. The van der Waals surface area contributed by atoms with E-state index in [9.17, 15) is 0 Å². The highest BCUT2D eigenvalue weighted by atomic mass is 32.2. The molecule has 1 unspecified atom stereocenters. The molecule has 0 fully saturated rings. The summed E-state index contributed by atoms with van der Waals surface area (Å²) in [5.41, 5.74) is 2.43. The Labute approximate surface area is 103 Å². The second-order valence-electron chi connectivity index (χ2n) is 4.59. The number of aromatic amines is 1. The van der Waals surface area contributed by atoms with Crippen molar-refractivity contribution in [2.75, 3.05) is 18.1 Å². The van der Waals surface area contributed by atoms with Crippen LogP contribution in [-0.4, -0.2) is 28.2 Å². The summed E-state index contributed by atoms with van der Waals surface area (Å²) < 4.78 is 0. The van der Waals surface area contributed by atoms with Gasteiger partial charge in [-0.05, 0) is 25.5 Å². The van der Waals surface area contributed by atoms with Gasteiger partial charge >= 0.3 is 0 Å². The Hall–Kier alpha value is -0.480. The number of hydrogen-bond donors (Lipinski definition) is 2. The smallest absolute Gasteiger partial charge is 0.0537 e. The molecule has 1 aromatic heterocycles. The van der Waals surface area contributed by atoms with Crippen LogP contribution < -0.4 is 5.32 Å². The van der Waals surface area contributed by atoms with Crippen LogP contribution in [0, 0.1) is 12.8 Å². The van der Waals surface area contributed by atoms with Crippen molar-refractivity contribution in [1.29, 1.82) is 0 Å². The summed E-state index contributed by atoms with van der Waals surface area (Å²) >= 11 is 2.02. The van der Waals surface area contributed by atoms with Crippen LogP contribution in [-0.2, 0) is 0 Å². The monoisotopic (exact) mass is 241 g/mol. The van der Waals surface area contributed by atoms with Gasteiger partial charge in [0.15, 0.2) is 0 Å². The predicted molar refractivity (Wildman–Crippen MR) is 71.9 cm³/mol. The Kier molecular flexibility index (Phi) is 5.91. The summed E-state index contributed by atoms with van der Waals surface area (Å²) in [5.74, 6) is 3.22. The van der Waals surface area contributed by atoms with E-state index >= 15 is 0 Å². The van der Waals surface area contributed by atoms with E-state index < -0.39 is 0 Å². The van der Waals surface area contributed by atoms with Gasteiger partial charge in [-0.1, -0.05) is 13.8 Å². The number of rotatable bonds is 7. The predicted octanol–water partition coefficient (Wildman–Crippen LogP) is 2.76. The van der Waals surface area contributed by atoms with Crippen LogP contribution in [0.2, 0.25) is 0 Å². The van der Waals surface area contributed by atoms with Crippen LogP contribution in [0.15, 0.2) is 6.20 Å². The molecular weight excluding hydrogens is 218 g/mol. The summed E-state index contributed by atoms with van der Waals surface area (Å²) in [5, 5.41) is 10.5. The molecule has 0 amide bonds. The molecule has 0 aromatic carbocycles. The lowest BCUT2D eigenvalue weighted by atomic mass is 10.1. The number of aromatic nitrogens is 2. The molecule has 0 saturated heterocycles. The standard InChI is InChI=1S/C12H23N3S/c1-9(2)8-16-6-5-13-10(3)12-7-14-15-11(12)4/h7,9-10,13H,5-6,8H2,1-4H3,(H,14,15). The fraction of sp³-hybridized carbons (Fsp3) is 0.750. The molecule has 0 radical (unpaired) electrons. The average Bonchev–Trinajstić information content (AvgIpc) is 2.63. The third-order valence-electron chi connectivity index (χ3n) is 2.48. The molecule has 16 heavy (non-hydrogen) atoms. The number of thioether (sulfide) groups is 1. The Morgan fingerprint density at radius 3 is 2.75 bits per heavy atom. The highest BCUT2D eigenvalue weighted by molar-refractivity contribution is 7.99. The fourth-order valence-corrected chi connectivity index (χ4v) is 2.47. The van der Waals surface area contributed by atoms with E-state index in [-0.39, 0.29) is 0 Å². The van der Waals surface area contributed by atoms with Gasteiger partial charge in [0, 0.05) is 29.6 Å². The molecule has 2 N–H and O–H groups in total. The number of H-pyrrole nitrogens is 1. The Morgan fingerprint density at radius 1 is 1.44 bits per heavy atom. The summed E-state index contributed by atoms with van der Waals surface area (Å²) in [6.07, 6.45) is 1.91. The first kappa shape index (κ1) is 13.6. The molecule has 0 aliphatic heterocycles. The Balaban J connectivity index is 2.16. The van der Waals surface area contributed by atoms with Gasteiger partial charge in [-0.3, -0.25) is 5.10 Å². The van der Waals surface area contributed by atoms with Crippen molar-refractivity contribution in [3.8, 4) is 0 Å². The number of hydrogen-bond acceptors (Lipinski definition) is 3. The second-order valence-corrected chi connectivity index (χ2v) is 5.74. The van der Waals surface area contributed by atoms with E-state index in [2.05, 4.69) is 43.2 Å². The molecule has 0 aliphatic carbocycles. The SMILES string of the molecule is Cc1[nH]ncc1C(C)NCCSCC(C)C. The first-order valence-electron chi connectivity index (χ1n) is 5.92. The molecule has 1 rings (SSSR count). The zero-order valence-corrected chi connectivity index (χ0v) is 11.5. The fourth-order valence-electron chi connectivity index (χ4n) is 1.57. The van der Waals surface area contributed by atoms with Gasteiger partial charge in [-0.2, -0.15) is 16.9 Å². The summed E-state index contributed by atoms with van der Waals surface area (Å²) in [6, 6.07) is 0.387. The minimum absolute atomic E-state index is 0.387. The second kappa shape index (κ2) is 6.97. The van der Waals surface area contributed by atoms with Gasteiger partial charge in [-0.15, -0.1) is 0 Å². The van der Waals surface area contributed by atoms with E-state index in [4.69, 9.17) is 0 Å². The normalized spacial score (nSPS) is 13.3. The van der Waals surface area contributed by atoms with Gasteiger partial charge in [0.05, 0.1) is 6.20 Å². The third-order valence-corrected chi connectivity index (χ3v) is 3.88. The topological polar surface area (TPSA) is 40.7 Å². The van der Waals surface area contributed by atoms with Gasteiger partial charge in [0.1, 0.15) is 0 Å². The van der Waals surface area contributed by atoms with Crippen molar-refractivity contribution in [2.45, 2.75) is 33.7 Å². The van der Waals surface area contributed by atoms with Crippen molar-refractivity contribution in [3.63, 3.8) is 0 Å².